The summed E-state index contributed by atoms with van der Waals surface area (Å²) in [7, 11) is 0. The Morgan fingerprint density at radius 1 is 1.38 bits per heavy atom. The van der Waals surface area contributed by atoms with Crippen molar-refractivity contribution >= 4 is 0 Å². The van der Waals surface area contributed by atoms with E-state index in [0.29, 0.717) is 0 Å². The van der Waals surface area contributed by atoms with Gasteiger partial charge in [0.25, 0.3) is 0 Å². The third kappa shape index (κ3) is 0.932. The molecule has 0 aromatic carbocycles. The molecule has 1 nitrogen and oxygen atoms in total. The third-order valence-electron chi connectivity index (χ3n) is 3.74. The highest BCUT2D eigenvalue weighted by Crippen LogP contribution is 2.38. The van der Waals surface area contributed by atoms with Crippen molar-refractivity contribution in [2.24, 2.45) is 0 Å². The molecule has 0 unspecified atom stereocenters. The van der Waals surface area contributed by atoms with Gasteiger partial charge in [-0.15, -0.1) is 0 Å². The van der Waals surface area contributed by atoms with Crippen LogP contribution in [-0.2, 0) is 19.3 Å². The fourth-order valence-electron chi connectivity index (χ4n) is 3.14. The van der Waals surface area contributed by atoms with Gasteiger partial charge in [0.05, 0.1) is 0 Å². The van der Waals surface area contributed by atoms with E-state index in [1.165, 1.54) is 38.5 Å². The maximum Gasteiger partial charge on any atom is 0.0339 e. The summed E-state index contributed by atoms with van der Waals surface area (Å²) in [6.07, 6.45) is 8.14. The molecule has 1 aromatic heterocycles. The van der Waals surface area contributed by atoms with Crippen LogP contribution in [0.1, 0.15) is 49.2 Å². The maximum atomic E-state index is 2.66. The maximum absolute atomic E-state index is 2.66. The Labute approximate surface area is 79.8 Å². The molecule has 0 bridgehead atoms. The predicted octanol–water partition coefficient (Wildman–Crippen LogP) is 2.87. The van der Waals surface area contributed by atoms with Crippen molar-refractivity contribution in [1.82, 2.24) is 4.57 Å². The molecule has 0 radical (unpaired) electrons. The van der Waals surface area contributed by atoms with Gasteiger partial charge in [-0.2, -0.15) is 0 Å². The van der Waals surface area contributed by atoms with Crippen LogP contribution in [0.5, 0.6) is 0 Å². The summed E-state index contributed by atoms with van der Waals surface area (Å²) in [5.74, 6) is 0. The highest BCUT2D eigenvalue weighted by atomic mass is 15.1. The Morgan fingerprint density at radius 3 is 3.15 bits per heavy atom. The van der Waals surface area contributed by atoms with E-state index < -0.39 is 0 Å². The molecular formula is C12H17N. The lowest BCUT2D eigenvalue weighted by Crippen LogP contribution is -2.14. The van der Waals surface area contributed by atoms with Crippen LogP contribution < -0.4 is 0 Å². The summed E-state index contributed by atoms with van der Waals surface area (Å²) < 4.78 is 2.66. The zero-order valence-corrected chi connectivity index (χ0v) is 8.34. The third-order valence-corrected chi connectivity index (χ3v) is 3.74. The lowest BCUT2D eigenvalue weighted by atomic mass is 9.98. The van der Waals surface area contributed by atoms with Crippen molar-refractivity contribution in [2.45, 2.75) is 51.5 Å². The zero-order valence-electron chi connectivity index (χ0n) is 8.34. The molecule has 1 aromatic rings. The number of hydrogen-bond donors (Lipinski definition) is 0. The Kier molecular flexibility index (Phi) is 1.55. The van der Waals surface area contributed by atoms with Crippen LogP contribution in [0, 0.1) is 0 Å². The summed E-state index contributed by atoms with van der Waals surface area (Å²) in [6.45, 7) is 2.28. The van der Waals surface area contributed by atoms with Gasteiger partial charge in [-0.05, 0) is 50.2 Å². The molecule has 3 rings (SSSR count). The van der Waals surface area contributed by atoms with Crippen LogP contribution in [0.3, 0.4) is 0 Å². The second-order valence-corrected chi connectivity index (χ2v) is 4.42. The van der Waals surface area contributed by atoms with Crippen molar-refractivity contribution in [3.05, 3.63) is 23.0 Å². The number of aryl methyl sites for hydroxylation is 2. The molecule has 2 aliphatic heterocycles. The van der Waals surface area contributed by atoms with Gasteiger partial charge < -0.3 is 4.57 Å². The summed E-state index contributed by atoms with van der Waals surface area (Å²) in [4.78, 5) is 0. The summed E-state index contributed by atoms with van der Waals surface area (Å²) in [6, 6.07) is 3.33. The second kappa shape index (κ2) is 2.63. The van der Waals surface area contributed by atoms with Crippen LogP contribution in [0.2, 0.25) is 0 Å². The van der Waals surface area contributed by atoms with Crippen molar-refractivity contribution in [2.75, 3.05) is 0 Å². The molecule has 1 atom stereocenters. The van der Waals surface area contributed by atoms with Crippen molar-refractivity contribution in [1.29, 1.82) is 0 Å². The predicted molar refractivity (Wildman–Crippen MR) is 54.1 cm³/mol. The van der Waals surface area contributed by atoms with Crippen LogP contribution in [-0.4, -0.2) is 4.57 Å². The average molecular weight is 175 g/mol. The molecule has 2 aliphatic rings. The van der Waals surface area contributed by atoms with Gasteiger partial charge in [0.2, 0.25) is 0 Å². The van der Waals surface area contributed by atoms with Gasteiger partial charge in [-0.25, -0.2) is 0 Å². The van der Waals surface area contributed by atoms with Crippen LogP contribution in [0.4, 0.5) is 0 Å². The minimum Gasteiger partial charge on any atom is -0.345 e. The highest BCUT2D eigenvalue weighted by molar-refractivity contribution is 5.32. The molecule has 0 saturated heterocycles. The fourth-order valence-corrected chi connectivity index (χ4v) is 3.14. The summed E-state index contributed by atoms with van der Waals surface area (Å²) in [5, 5.41) is 0. The lowest BCUT2D eigenvalue weighted by Gasteiger charge is -2.23. The molecule has 0 amide bonds. The van der Waals surface area contributed by atoms with Crippen molar-refractivity contribution in [3.8, 4) is 0 Å². The van der Waals surface area contributed by atoms with Gasteiger partial charge >= 0.3 is 0 Å². The Hall–Kier alpha value is -0.720. The highest BCUT2D eigenvalue weighted by Gasteiger charge is 2.28. The lowest BCUT2D eigenvalue weighted by molar-refractivity contribution is 0.419. The van der Waals surface area contributed by atoms with E-state index in [1.54, 1.807) is 17.0 Å². The van der Waals surface area contributed by atoms with Gasteiger partial charge in [0.15, 0.2) is 0 Å². The molecule has 70 valence electrons. The zero-order chi connectivity index (χ0) is 8.84. The Bertz CT molecular complexity index is 334. The van der Waals surface area contributed by atoms with E-state index in [4.69, 9.17) is 0 Å². The average Bonchev–Trinajstić information content (AvgIpc) is 2.72. The first kappa shape index (κ1) is 7.66. The molecule has 0 spiro atoms. The molecule has 3 heterocycles. The number of hydrogen-bond acceptors (Lipinski definition) is 0. The first-order chi connectivity index (χ1) is 6.40. The standard InChI is InChI=1S/C12H17N/c1-2-9-8-11-7-6-10-4-3-5-12(9)13(10)11/h8,10H,2-7H2,1H3/t10-/m1/s1. The van der Waals surface area contributed by atoms with E-state index in [2.05, 4.69) is 17.6 Å². The SMILES string of the molecule is CCc1cc2n3c1CCC[C@@H]3CC2. The molecule has 0 N–H and O–H groups in total. The quantitative estimate of drug-likeness (QED) is 0.618. The van der Waals surface area contributed by atoms with E-state index >= 15 is 0 Å². The van der Waals surface area contributed by atoms with Crippen molar-refractivity contribution < 1.29 is 0 Å². The monoisotopic (exact) mass is 175 g/mol. The molecule has 1 heteroatoms. The van der Waals surface area contributed by atoms with E-state index in [1.807, 2.05) is 0 Å². The van der Waals surface area contributed by atoms with Crippen LogP contribution in [0.15, 0.2) is 6.07 Å². The van der Waals surface area contributed by atoms with Gasteiger partial charge in [-0.1, -0.05) is 6.92 Å². The molecule has 0 fully saturated rings. The largest absolute Gasteiger partial charge is 0.345 e. The first-order valence-electron chi connectivity index (χ1n) is 5.62. The minimum atomic E-state index is 0.874. The van der Waals surface area contributed by atoms with E-state index in [-0.39, 0.29) is 0 Å². The normalized spacial score (nSPS) is 24.8. The number of rotatable bonds is 1. The Morgan fingerprint density at radius 2 is 2.31 bits per heavy atom. The van der Waals surface area contributed by atoms with Gasteiger partial charge in [-0.3, -0.25) is 0 Å². The molecule has 0 saturated carbocycles. The van der Waals surface area contributed by atoms with Crippen LogP contribution in [0.25, 0.3) is 0 Å². The number of aromatic nitrogens is 1. The smallest absolute Gasteiger partial charge is 0.0339 e. The van der Waals surface area contributed by atoms with E-state index in [0.717, 1.165) is 6.04 Å². The van der Waals surface area contributed by atoms with Gasteiger partial charge in [0.1, 0.15) is 0 Å². The molecule has 0 aliphatic carbocycles. The summed E-state index contributed by atoms with van der Waals surface area (Å²) >= 11 is 0. The minimum absolute atomic E-state index is 0.874. The molecule has 13 heavy (non-hydrogen) atoms. The molecular weight excluding hydrogens is 158 g/mol. The first-order valence-corrected chi connectivity index (χ1v) is 5.62. The van der Waals surface area contributed by atoms with Crippen LogP contribution >= 0.6 is 0 Å². The van der Waals surface area contributed by atoms with E-state index in [9.17, 15) is 0 Å². The number of nitrogens with zero attached hydrogens (tertiary/aromatic N) is 1. The Balaban J connectivity index is 2.17. The van der Waals surface area contributed by atoms with Crippen molar-refractivity contribution in [3.63, 3.8) is 0 Å². The van der Waals surface area contributed by atoms with Gasteiger partial charge in [0, 0.05) is 17.4 Å². The summed E-state index contributed by atoms with van der Waals surface area (Å²) in [5.41, 5.74) is 4.92. The fraction of sp³-hybridized carbons (Fsp3) is 0.667. The topological polar surface area (TPSA) is 4.93 Å². The second-order valence-electron chi connectivity index (χ2n) is 4.42.